The molecule has 0 radical (unpaired) electrons. The third kappa shape index (κ3) is 1.47. The Morgan fingerprint density at radius 3 is 2.47 bits per heavy atom. The molecule has 0 saturated carbocycles. The Hall–Kier alpha value is -0.860. The van der Waals surface area contributed by atoms with Gasteiger partial charge in [-0.2, -0.15) is 0 Å². The summed E-state index contributed by atoms with van der Waals surface area (Å²) in [7, 11) is 0. The van der Waals surface area contributed by atoms with E-state index in [2.05, 4.69) is 30.9 Å². The summed E-state index contributed by atoms with van der Waals surface area (Å²) in [5, 5.41) is 11.2. The lowest BCUT2D eigenvalue weighted by Crippen LogP contribution is -2.62. The van der Waals surface area contributed by atoms with Crippen molar-refractivity contribution in [2.45, 2.75) is 38.3 Å². The molecular formula is C15H21NO. The van der Waals surface area contributed by atoms with Gasteiger partial charge < -0.3 is 5.11 Å². The van der Waals surface area contributed by atoms with E-state index >= 15 is 0 Å². The molecule has 2 unspecified atom stereocenters. The molecule has 3 aliphatic rings. The first-order valence-electron chi connectivity index (χ1n) is 6.66. The monoisotopic (exact) mass is 231 g/mol. The van der Waals surface area contributed by atoms with Crippen LogP contribution >= 0.6 is 0 Å². The summed E-state index contributed by atoms with van der Waals surface area (Å²) in [6, 6.07) is 8.56. The average molecular weight is 231 g/mol. The van der Waals surface area contributed by atoms with Gasteiger partial charge in [-0.25, -0.2) is 0 Å². The van der Waals surface area contributed by atoms with Gasteiger partial charge in [-0.1, -0.05) is 24.3 Å². The van der Waals surface area contributed by atoms with Gasteiger partial charge in [-0.15, -0.1) is 0 Å². The predicted molar refractivity (Wildman–Crippen MR) is 68.8 cm³/mol. The molecule has 3 heterocycles. The second-order valence-corrected chi connectivity index (χ2v) is 5.63. The van der Waals surface area contributed by atoms with E-state index in [1.165, 1.54) is 5.56 Å². The zero-order valence-corrected chi connectivity index (χ0v) is 10.7. The van der Waals surface area contributed by atoms with Gasteiger partial charge in [0.05, 0.1) is 0 Å². The number of aliphatic hydroxyl groups is 1. The van der Waals surface area contributed by atoms with E-state index in [0.717, 1.165) is 31.5 Å². The van der Waals surface area contributed by atoms with Gasteiger partial charge in [0.15, 0.2) is 0 Å². The Morgan fingerprint density at radius 1 is 1.24 bits per heavy atom. The first-order chi connectivity index (χ1) is 8.14. The quantitative estimate of drug-likeness (QED) is 0.801. The number of hydrogen-bond acceptors (Lipinski definition) is 2. The van der Waals surface area contributed by atoms with E-state index < -0.39 is 5.60 Å². The number of nitrogens with zero attached hydrogens (tertiary/aromatic N) is 1. The van der Waals surface area contributed by atoms with Gasteiger partial charge in [-0.05, 0) is 56.8 Å². The summed E-state index contributed by atoms with van der Waals surface area (Å²) in [4.78, 5) is 2.44. The van der Waals surface area contributed by atoms with Crippen LogP contribution in [0.25, 0.3) is 0 Å². The number of aryl methyl sites for hydroxylation is 1. The summed E-state index contributed by atoms with van der Waals surface area (Å²) in [5.41, 5.74) is 1.72. The van der Waals surface area contributed by atoms with Crippen LogP contribution in [0.3, 0.4) is 0 Å². The zero-order valence-electron chi connectivity index (χ0n) is 10.7. The van der Waals surface area contributed by atoms with Crippen LogP contribution in [0.4, 0.5) is 0 Å². The fraction of sp³-hybridized carbons (Fsp3) is 0.600. The largest absolute Gasteiger partial charge is 0.383 e. The molecule has 0 amide bonds. The number of fused-ring (bicyclic) bond motifs is 3. The normalized spacial score (nSPS) is 40.5. The van der Waals surface area contributed by atoms with E-state index in [-0.39, 0.29) is 6.04 Å². The molecule has 1 aromatic rings. The standard InChI is InChI=1S/C15H21NO/c1-11-5-3-4-6-14(11)15(17)12(2)16-9-7-13(15)8-10-16/h3-6,12-13,17H,7-10H2,1-2H3. The van der Waals surface area contributed by atoms with Crippen molar-refractivity contribution in [3.05, 3.63) is 35.4 Å². The Labute approximate surface area is 103 Å². The van der Waals surface area contributed by atoms with E-state index in [1.807, 2.05) is 12.1 Å². The van der Waals surface area contributed by atoms with Crippen molar-refractivity contribution in [3.8, 4) is 0 Å². The molecule has 0 aliphatic carbocycles. The fourth-order valence-electron chi connectivity index (χ4n) is 3.81. The lowest BCUT2D eigenvalue weighted by molar-refractivity contribution is -0.156. The topological polar surface area (TPSA) is 23.5 Å². The van der Waals surface area contributed by atoms with E-state index in [9.17, 15) is 5.11 Å². The minimum atomic E-state index is -0.637. The summed E-state index contributed by atoms with van der Waals surface area (Å²) < 4.78 is 0. The molecule has 92 valence electrons. The molecular weight excluding hydrogens is 210 g/mol. The van der Waals surface area contributed by atoms with Crippen LogP contribution < -0.4 is 0 Å². The van der Waals surface area contributed by atoms with Crippen molar-refractivity contribution in [2.24, 2.45) is 5.92 Å². The maximum Gasteiger partial charge on any atom is 0.108 e. The highest BCUT2D eigenvalue weighted by atomic mass is 16.3. The van der Waals surface area contributed by atoms with Crippen molar-refractivity contribution in [3.63, 3.8) is 0 Å². The number of piperidine rings is 3. The number of rotatable bonds is 1. The Morgan fingerprint density at radius 2 is 1.88 bits per heavy atom. The van der Waals surface area contributed by atoms with Crippen molar-refractivity contribution in [1.82, 2.24) is 4.90 Å². The molecule has 2 atom stereocenters. The zero-order chi connectivity index (χ0) is 12.0. The predicted octanol–water partition coefficient (Wildman–Crippen LogP) is 2.30. The molecule has 1 aromatic carbocycles. The van der Waals surface area contributed by atoms with Crippen LogP contribution in [0.15, 0.2) is 24.3 Å². The maximum absolute atomic E-state index is 11.2. The first kappa shape index (κ1) is 11.2. The van der Waals surface area contributed by atoms with E-state index in [4.69, 9.17) is 0 Å². The molecule has 0 aromatic heterocycles. The van der Waals surface area contributed by atoms with Crippen LogP contribution in [0.5, 0.6) is 0 Å². The average Bonchev–Trinajstić information content (AvgIpc) is 2.36. The lowest BCUT2D eigenvalue weighted by Gasteiger charge is -2.55. The summed E-state index contributed by atoms with van der Waals surface area (Å²) in [6.45, 7) is 6.59. The molecule has 0 spiro atoms. The van der Waals surface area contributed by atoms with E-state index in [1.54, 1.807) is 0 Å². The Balaban J connectivity index is 2.08. The SMILES string of the molecule is Cc1ccccc1C1(O)C2CCN(CC2)C1C. The smallest absolute Gasteiger partial charge is 0.108 e. The van der Waals surface area contributed by atoms with Crippen LogP contribution in [-0.2, 0) is 5.60 Å². The fourth-order valence-corrected chi connectivity index (χ4v) is 3.81. The molecule has 2 bridgehead atoms. The molecule has 17 heavy (non-hydrogen) atoms. The summed E-state index contributed by atoms with van der Waals surface area (Å²) in [6.07, 6.45) is 2.27. The van der Waals surface area contributed by atoms with Crippen molar-refractivity contribution in [1.29, 1.82) is 0 Å². The van der Waals surface area contributed by atoms with Crippen molar-refractivity contribution >= 4 is 0 Å². The van der Waals surface area contributed by atoms with Gasteiger partial charge in [0.1, 0.15) is 5.60 Å². The maximum atomic E-state index is 11.2. The van der Waals surface area contributed by atoms with Gasteiger partial charge in [-0.3, -0.25) is 4.90 Å². The molecule has 3 fully saturated rings. The van der Waals surface area contributed by atoms with Crippen molar-refractivity contribution < 1.29 is 5.11 Å². The Bertz CT molecular complexity index is 419. The second-order valence-electron chi connectivity index (χ2n) is 5.63. The molecule has 3 aliphatic heterocycles. The van der Waals surface area contributed by atoms with Crippen molar-refractivity contribution in [2.75, 3.05) is 13.1 Å². The number of hydrogen-bond donors (Lipinski definition) is 1. The van der Waals surface area contributed by atoms with Crippen LogP contribution in [0.1, 0.15) is 30.9 Å². The highest BCUT2D eigenvalue weighted by Crippen LogP contribution is 2.47. The van der Waals surface area contributed by atoms with Gasteiger partial charge >= 0.3 is 0 Å². The van der Waals surface area contributed by atoms with E-state index in [0.29, 0.717) is 5.92 Å². The molecule has 2 nitrogen and oxygen atoms in total. The highest BCUT2D eigenvalue weighted by Gasteiger charge is 2.52. The Kier molecular flexibility index (Phi) is 2.53. The van der Waals surface area contributed by atoms with Gasteiger partial charge in [0.25, 0.3) is 0 Å². The minimum Gasteiger partial charge on any atom is -0.383 e. The summed E-state index contributed by atoms with van der Waals surface area (Å²) in [5.74, 6) is 0.434. The molecule has 2 heteroatoms. The minimum absolute atomic E-state index is 0.246. The number of benzene rings is 1. The third-order valence-corrected chi connectivity index (χ3v) is 4.91. The lowest BCUT2D eigenvalue weighted by atomic mass is 9.66. The van der Waals surface area contributed by atoms with Crippen LogP contribution in [0, 0.1) is 12.8 Å². The molecule has 3 saturated heterocycles. The molecule has 4 rings (SSSR count). The highest BCUT2D eigenvalue weighted by molar-refractivity contribution is 5.34. The first-order valence-corrected chi connectivity index (χ1v) is 6.66. The molecule has 1 N–H and O–H groups in total. The second kappa shape index (κ2) is 3.82. The van der Waals surface area contributed by atoms with Gasteiger partial charge in [0.2, 0.25) is 0 Å². The van der Waals surface area contributed by atoms with Crippen LogP contribution in [0.2, 0.25) is 0 Å². The third-order valence-electron chi connectivity index (χ3n) is 4.91. The van der Waals surface area contributed by atoms with Gasteiger partial charge in [0, 0.05) is 6.04 Å². The summed E-state index contributed by atoms with van der Waals surface area (Å²) >= 11 is 0. The van der Waals surface area contributed by atoms with Crippen LogP contribution in [-0.4, -0.2) is 29.1 Å².